The molecule has 0 aliphatic rings. The molecule has 1 atom stereocenters. The minimum Gasteiger partial charge on any atom is -0.355 e. The number of halogens is 1. The number of carbonyl (C=O) groups is 2. The quantitative estimate of drug-likeness (QED) is 0.0999. The average molecular weight is 671 g/mol. The minimum absolute atomic E-state index is 0.109. The van der Waals surface area contributed by atoms with Gasteiger partial charge in [0.2, 0.25) is 17.6 Å². The normalized spacial score (nSPS) is 11.7. The fourth-order valence-corrected chi connectivity index (χ4v) is 5.98. The van der Waals surface area contributed by atoms with E-state index in [2.05, 4.69) is 84.6 Å². The lowest BCUT2D eigenvalue weighted by molar-refractivity contribution is -0.124. The number of amides is 2. The standard InChI is InChI=1S/C35H39ClN8O2S/c1-2-3-13-31-39-33(36)30(21-38-32(45)18-19-37-35(46)27(23-47)20-24-9-5-4-6-10-24)44(31)22-25-14-16-26(17-15-25)28-11-7-8-12-29(28)34-40-42-43-41-34/h4-12,14-17,27,47H,2-3,13,18-23H2,1H3,(H,37,46)(H,38,45)(H,40,41,42,43). The summed E-state index contributed by atoms with van der Waals surface area (Å²) < 4.78 is 2.10. The molecule has 12 heteroatoms. The van der Waals surface area contributed by atoms with Gasteiger partial charge in [-0.25, -0.2) is 4.98 Å². The molecule has 0 radical (unpaired) electrons. The summed E-state index contributed by atoms with van der Waals surface area (Å²) in [6.45, 7) is 3.16. The van der Waals surface area contributed by atoms with E-state index in [1.807, 2.05) is 54.6 Å². The Kier molecular flexibility index (Phi) is 12.2. The van der Waals surface area contributed by atoms with E-state index in [9.17, 15) is 9.59 Å². The van der Waals surface area contributed by atoms with Gasteiger partial charge < -0.3 is 15.2 Å². The van der Waals surface area contributed by atoms with Gasteiger partial charge in [-0.05, 0) is 40.3 Å². The predicted molar refractivity (Wildman–Crippen MR) is 187 cm³/mol. The Balaban J connectivity index is 1.21. The molecule has 1 unspecified atom stereocenters. The molecular weight excluding hydrogens is 632 g/mol. The highest BCUT2D eigenvalue weighted by Gasteiger charge is 2.19. The monoisotopic (exact) mass is 670 g/mol. The molecule has 0 saturated carbocycles. The van der Waals surface area contributed by atoms with Gasteiger partial charge in [-0.15, -0.1) is 10.2 Å². The summed E-state index contributed by atoms with van der Waals surface area (Å²) in [5, 5.41) is 20.8. The van der Waals surface area contributed by atoms with Crippen molar-refractivity contribution in [3.8, 4) is 22.5 Å². The topological polar surface area (TPSA) is 130 Å². The molecule has 2 aromatic heterocycles. The molecule has 0 fully saturated rings. The number of hydrogen-bond donors (Lipinski definition) is 4. The molecule has 47 heavy (non-hydrogen) atoms. The van der Waals surface area contributed by atoms with E-state index in [1.54, 1.807) is 0 Å². The maximum absolute atomic E-state index is 12.8. The molecule has 3 N–H and O–H groups in total. The number of benzene rings is 3. The summed E-state index contributed by atoms with van der Waals surface area (Å²) in [7, 11) is 0. The molecule has 244 valence electrons. The van der Waals surface area contributed by atoms with Crippen molar-refractivity contribution in [1.29, 1.82) is 0 Å². The number of rotatable bonds is 16. The Labute approximate surface area is 285 Å². The van der Waals surface area contributed by atoms with E-state index in [-0.39, 0.29) is 37.2 Å². The van der Waals surface area contributed by atoms with Crippen LogP contribution in [0.1, 0.15) is 48.8 Å². The summed E-state index contributed by atoms with van der Waals surface area (Å²) >= 11 is 11.0. The van der Waals surface area contributed by atoms with E-state index >= 15 is 0 Å². The first-order valence-electron chi connectivity index (χ1n) is 15.8. The molecule has 0 aliphatic carbocycles. The number of hydrogen-bond acceptors (Lipinski definition) is 7. The van der Waals surface area contributed by atoms with Crippen LogP contribution in [0.25, 0.3) is 22.5 Å². The summed E-state index contributed by atoms with van der Waals surface area (Å²) in [5.41, 5.74) is 5.83. The fourth-order valence-electron chi connectivity index (χ4n) is 5.42. The van der Waals surface area contributed by atoms with Crippen molar-refractivity contribution >= 4 is 36.0 Å². The Hall–Kier alpha value is -4.48. The molecule has 0 saturated heterocycles. The summed E-state index contributed by atoms with van der Waals surface area (Å²) in [5.74, 6) is 1.29. The van der Waals surface area contributed by atoms with Gasteiger partial charge in [0.25, 0.3) is 0 Å². The number of aromatic amines is 1. The third kappa shape index (κ3) is 9.08. The van der Waals surface area contributed by atoms with Crippen molar-refractivity contribution in [2.75, 3.05) is 12.3 Å². The van der Waals surface area contributed by atoms with Gasteiger partial charge in [0.15, 0.2) is 5.15 Å². The van der Waals surface area contributed by atoms with Crippen LogP contribution in [0, 0.1) is 5.92 Å². The van der Waals surface area contributed by atoms with E-state index in [0.717, 1.165) is 58.6 Å². The van der Waals surface area contributed by atoms with Gasteiger partial charge in [0.1, 0.15) is 5.82 Å². The summed E-state index contributed by atoms with van der Waals surface area (Å²) in [6.07, 6.45) is 3.53. The number of tetrazole rings is 1. The minimum atomic E-state index is -0.271. The molecule has 0 bridgehead atoms. The van der Waals surface area contributed by atoms with Crippen LogP contribution in [0.4, 0.5) is 0 Å². The third-order valence-corrected chi connectivity index (χ3v) is 8.74. The lowest BCUT2D eigenvalue weighted by atomic mass is 9.98. The maximum Gasteiger partial charge on any atom is 0.224 e. The molecule has 0 spiro atoms. The Morgan fingerprint density at radius 2 is 1.70 bits per heavy atom. The van der Waals surface area contributed by atoms with Gasteiger partial charge in [-0.1, -0.05) is 104 Å². The van der Waals surface area contributed by atoms with Crippen LogP contribution < -0.4 is 10.6 Å². The zero-order valence-corrected chi connectivity index (χ0v) is 28.0. The zero-order valence-electron chi connectivity index (χ0n) is 26.3. The first-order chi connectivity index (χ1) is 23.0. The second-order valence-electron chi connectivity index (χ2n) is 11.3. The Morgan fingerprint density at radius 3 is 2.40 bits per heavy atom. The van der Waals surface area contributed by atoms with E-state index in [1.165, 1.54) is 0 Å². The average Bonchev–Trinajstić information content (AvgIpc) is 3.74. The number of unbranched alkanes of at least 4 members (excludes halogenated alkanes) is 1. The number of thiol groups is 1. The highest BCUT2D eigenvalue weighted by atomic mass is 35.5. The highest BCUT2D eigenvalue weighted by molar-refractivity contribution is 7.80. The van der Waals surface area contributed by atoms with Crippen LogP contribution in [-0.2, 0) is 35.5 Å². The number of aromatic nitrogens is 6. The summed E-state index contributed by atoms with van der Waals surface area (Å²) in [4.78, 5) is 30.2. The van der Waals surface area contributed by atoms with Crippen molar-refractivity contribution in [3.63, 3.8) is 0 Å². The first kappa shape index (κ1) is 33.9. The van der Waals surface area contributed by atoms with Crippen molar-refractivity contribution < 1.29 is 9.59 Å². The van der Waals surface area contributed by atoms with Crippen LogP contribution in [0.15, 0.2) is 78.9 Å². The number of imidazole rings is 1. The largest absolute Gasteiger partial charge is 0.355 e. The van der Waals surface area contributed by atoms with Gasteiger partial charge in [-0.3, -0.25) is 9.59 Å². The number of carbonyl (C=O) groups excluding carboxylic acids is 2. The van der Waals surface area contributed by atoms with Crippen LogP contribution in [0.2, 0.25) is 5.15 Å². The number of aryl methyl sites for hydroxylation is 1. The van der Waals surface area contributed by atoms with Crippen LogP contribution in [0.5, 0.6) is 0 Å². The molecule has 5 aromatic rings. The van der Waals surface area contributed by atoms with E-state index < -0.39 is 0 Å². The van der Waals surface area contributed by atoms with Crippen LogP contribution >= 0.6 is 24.2 Å². The predicted octanol–water partition coefficient (Wildman–Crippen LogP) is 5.69. The molecule has 3 aromatic carbocycles. The van der Waals surface area contributed by atoms with E-state index in [4.69, 9.17) is 11.6 Å². The van der Waals surface area contributed by atoms with Crippen molar-refractivity contribution in [1.82, 2.24) is 40.8 Å². The van der Waals surface area contributed by atoms with E-state index in [0.29, 0.717) is 29.7 Å². The first-order valence-corrected chi connectivity index (χ1v) is 16.8. The van der Waals surface area contributed by atoms with Crippen molar-refractivity contribution in [2.24, 2.45) is 5.92 Å². The fraction of sp³-hybridized carbons (Fsp3) is 0.314. The molecule has 5 rings (SSSR count). The van der Waals surface area contributed by atoms with Crippen LogP contribution in [0.3, 0.4) is 0 Å². The Bertz CT molecular complexity index is 1740. The molecule has 10 nitrogen and oxygen atoms in total. The molecule has 2 heterocycles. The van der Waals surface area contributed by atoms with Crippen molar-refractivity contribution in [3.05, 3.63) is 107 Å². The second kappa shape index (κ2) is 16.9. The lowest BCUT2D eigenvalue weighted by Crippen LogP contribution is -2.36. The third-order valence-electron chi connectivity index (χ3n) is 8.00. The molecule has 0 aliphatic heterocycles. The second-order valence-corrected chi connectivity index (χ2v) is 12.0. The van der Waals surface area contributed by atoms with Crippen LogP contribution in [-0.4, -0.2) is 54.3 Å². The Morgan fingerprint density at radius 1 is 0.957 bits per heavy atom. The number of nitrogens with one attached hydrogen (secondary N) is 3. The van der Waals surface area contributed by atoms with Gasteiger partial charge >= 0.3 is 0 Å². The maximum atomic E-state index is 12.8. The SMILES string of the molecule is CCCCc1nc(Cl)c(CNC(=O)CCNC(=O)C(CS)Cc2ccccc2)n1Cc1ccc(-c2ccccc2-c2nn[nH]n2)cc1. The zero-order chi connectivity index (χ0) is 33.0. The molecule has 2 amide bonds. The molecular formula is C35H39ClN8O2S. The van der Waals surface area contributed by atoms with Gasteiger partial charge in [-0.2, -0.15) is 17.8 Å². The number of nitrogens with zero attached hydrogens (tertiary/aromatic N) is 5. The van der Waals surface area contributed by atoms with Gasteiger partial charge in [0, 0.05) is 37.2 Å². The summed E-state index contributed by atoms with van der Waals surface area (Å²) in [6, 6.07) is 26.1. The van der Waals surface area contributed by atoms with Gasteiger partial charge in [0.05, 0.1) is 18.2 Å². The number of H-pyrrole nitrogens is 1. The van der Waals surface area contributed by atoms with Crippen molar-refractivity contribution in [2.45, 2.75) is 52.1 Å². The highest BCUT2D eigenvalue weighted by Crippen LogP contribution is 2.30. The lowest BCUT2D eigenvalue weighted by Gasteiger charge is -2.15. The smallest absolute Gasteiger partial charge is 0.224 e.